The van der Waals surface area contributed by atoms with Crippen LogP contribution >= 0.6 is 0 Å². The van der Waals surface area contributed by atoms with Gasteiger partial charge >= 0.3 is 12.0 Å². The molecule has 0 spiro atoms. The maximum absolute atomic E-state index is 12.1. The number of nitrogens with zero attached hydrogens (tertiary/aromatic N) is 3. The molecule has 2 amide bonds. The van der Waals surface area contributed by atoms with E-state index in [1.807, 2.05) is 0 Å². The predicted octanol–water partition coefficient (Wildman–Crippen LogP) is 0.0802. The van der Waals surface area contributed by atoms with Gasteiger partial charge in [0.15, 0.2) is 0 Å². The van der Waals surface area contributed by atoms with Gasteiger partial charge in [0.1, 0.15) is 17.6 Å². The van der Waals surface area contributed by atoms with Gasteiger partial charge in [0.05, 0.1) is 5.56 Å². The minimum Gasteiger partial charge on any atom is -0.478 e. The first-order chi connectivity index (χ1) is 10.4. The van der Waals surface area contributed by atoms with Gasteiger partial charge in [-0.25, -0.2) is 37.7 Å². The van der Waals surface area contributed by atoms with Crippen LogP contribution in [0.3, 0.4) is 0 Å². The molecule has 0 atom stereocenters. The average Bonchev–Trinajstić information content (AvgIpc) is 2.47. The topological polar surface area (TPSA) is 151 Å². The number of carbonyl (C=O) groups excluding carboxylic acids is 1. The summed E-state index contributed by atoms with van der Waals surface area (Å²) < 4.78 is 25.8. The summed E-state index contributed by atoms with van der Waals surface area (Å²) in [5.74, 6) is -1.59. The highest BCUT2D eigenvalue weighted by molar-refractivity contribution is 7.90. The molecule has 22 heavy (non-hydrogen) atoms. The second-order valence-electron chi connectivity index (χ2n) is 3.82. The molecule has 2 aromatic rings. The van der Waals surface area contributed by atoms with Crippen LogP contribution in [-0.4, -0.2) is 40.5 Å². The summed E-state index contributed by atoms with van der Waals surface area (Å²) in [5.41, 5.74) is -0.456. The highest BCUT2D eigenvalue weighted by Gasteiger charge is 2.24. The lowest BCUT2D eigenvalue weighted by molar-refractivity contribution is 0.0692. The Hall–Kier alpha value is -3.08. The lowest BCUT2D eigenvalue weighted by Crippen LogP contribution is -2.35. The molecule has 0 radical (unpaired) electrons. The number of carboxylic acid groups (broad SMARTS) is 1. The van der Waals surface area contributed by atoms with Crippen LogP contribution in [0.2, 0.25) is 0 Å². The minimum atomic E-state index is -4.37. The molecule has 0 aliphatic heterocycles. The van der Waals surface area contributed by atoms with Gasteiger partial charge in [-0.3, -0.25) is 5.32 Å². The van der Waals surface area contributed by atoms with E-state index in [-0.39, 0.29) is 5.95 Å². The number of sulfonamides is 1. The zero-order chi connectivity index (χ0) is 16.2. The van der Waals surface area contributed by atoms with Gasteiger partial charge in [-0.2, -0.15) is 0 Å². The number of rotatable bonds is 4. The van der Waals surface area contributed by atoms with Gasteiger partial charge in [-0.05, 0) is 12.1 Å². The van der Waals surface area contributed by atoms with Crippen molar-refractivity contribution < 1.29 is 23.1 Å². The molecule has 2 rings (SSSR count). The van der Waals surface area contributed by atoms with Crippen LogP contribution in [0, 0.1) is 0 Å². The fourth-order valence-corrected chi connectivity index (χ4v) is 2.59. The molecule has 1 aromatic carbocycles. The van der Waals surface area contributed by atoms with Crippen molar-refractivity contribution in [1.29, 1.82) is 0 Å². The van der Waals surface area contributed by atoms with Crippen molar-refractivity contribution in [2.45, 2.75) is 4.90 Å². The first kappa shape index (κ1) is 15.3. The van der Waals surface area contributed by atoms with Gasteiger partial charge in [0.25, 0.3) is 10.0 Å². The molecule has 0 saturated heterocycles. The third kappa shape index (κ3) is 3.52. The number of hydrogen-bond acceptors (Lipinski definition) is 7. The van der Waals surface area contributed by atoms with E-state index in [2.05, 4.69) is 20.3 Å². The Morgan fingerprint density at radius 1 is 1.09 bits per heavy atom. The summed E-state index contributed by atoms with van der Waals surface area (Å²) in [4.78, 5) is 32.8. The van der Waals surface area contributed by atoms with E-state index >= 15 is 0 Å². The molecule has 3 N–H and O–H groups in total. The maximum atomic E-state index is 12.1. The molecule has 10 nitrogen and oxygen atoms in total. The first-order valence-corrected chi connectivity index (χ1v) is 7.16. The Kier molecular flexibility index (Phi) is 4.27. The van der Waals surface area contributed by atoms with E-state index in [0.717, 1.165) is 24.8 Å². The summed E-state index contributed by atoms with van der Waals surface area (Å²) in [6, 6.07) is 3.76. The summed E-state index contributed by atoms with van der Waals surface area (Å²) in [5, 5.41) is 11.1. The van der Waals surface area contributed by atoms with Crippen molar-refractivity contribution >= 4 is 28.0 Å². The lowest BCUT2D eigenvalue weighted by Gasteiger charge is -2.09. The van der Waals surface area contributed by atoms with Gasteiger partial charge in [0.2, 0.25) is 5.95 Å². The number of benzene rings is 1. The molecule has 0 unspecified atom stereocenters. The quantitative estimate of drug-likeness (QED) is 0.715. The Morgan fingerprint density at radius 2 is 1.73 bits per heavy atom. The number of carboxylic acids is 1. The normalized spacial score (nSPS) is 10.7. The lowest BCUT2D eigenvalue weighted by atomic mass is 10.2. The van der Waals surface area contributed by atoms with E-state index in [0.29, 0.717) is 0 Å². The van der Waals surface area contributed by atoms with Crippen LogP contribution in [0.4, 0.5) is 10.7 Å². The highest BCUT2D eigenvalue weighted by atomic mass is 32.2. The fourth-order valence-electron chi connectivity index (χ4n) is 1.49. The summed E-state index contributed by atoms with van der Waals surface area (Å²) >= 11 is 0. The summed E-state index contributed by atoms with van der Waals surface area (Å²) in [6.45, 7) is 0. The molecule has 11 heteroatoms. The molecule has 0 aliphatic rings. The molecule has 1 aromatic heterocycles. The van der Waals surface area contributed by atoms with E-state index in [4.69, 9.17) is 5.11 Å². The molecule has 0 aliphatic carbocycles. The number of carbonyl (C=O) groups is 2. The zero-order valence-electron chi connectivity index (χ0n) is 10.8. The van der Waals surface area contributed by atoms with Crippen molar-refractivity contribution in [3.05, 3.63) is 42.5 Å². The molecular weight excluding hydrogens is 314 g/mol. The zero-order valence-corrected chi connectivity index (χ0v) is 11.6. The van der Waals surface area contributed by atoms with Crippen molar-refractivity contribution in [1.82, 2.24) is 19.7 Å². The van der Waals surface area contributed by atoms with Crippen molar-refractivity contribution in [2.24, 2.45) is 0 Å². The van der Waals surface area contributed by atoms with Crippen molar-refractivity contribution in [2.75, 3.05) is 5.32 Å². The van der Waals surface area contributed by atoms with E-state index < -0.39 is 32.5 Å². The third-order valence-corrected chi connectivity index (χ3v) is 3.74. The van der Waals surface area contributed by atoms with Gasteiger partial charge in [-0.1, -0.05) is 12.1 Å². The predicted molar refractivity (Wildman–Crippen MR) is 72.6 cm³/mol. The highest BCUT2D eigenvalue weighted by Crippen LogP contribution is 2.15. The van der Waals surface area contributed by atoms with E-state index in [9.17, 15) is 18.0 Å². The van der Waals surface area contributed by atoms with Gasteiger partial charge in [-0.15, -0.1) is 0 Å². The summed E-state index contributed by atoms with van der Waals surface area (Å²) in [6.07, 6.45) is 2.22. The van der Waals surface area contributed by atoms with Crippen molar-refractivity contribution in [3.63, 3.8) is 0 Å². The number of nitrogens with one attached hydrogen (secondary N) is 2. The Labute approximate surface area is 124 Å². The Balaban J connectivity index is 2.21. The van der Waals surface area contributed by atoms with Crippen LogP contribution in [0.15, 0.2) is 41.8 Å². The Bertz CT molecular complexity index is 809. The molecule has 0 saturated carbocycles. The first-order valence-electron chi connectivity index (χ1n) is 5.68. The third-order valence-electron chi connectivity index (χ3n) is 2.35. The average molecular weight is 323 g/mol. The monoisotopic (exact) mass is 323 g/mol. The standard InChI is InChI=1S/C11H9N5O5S/c17-9(18)7-3-1-2-4-8(7)22(20,21)16-11(19)15-10-13-5-12-6-14-10/h1-6H,(H,17,18)(H2,12,13,14,15,16,19). The van der Waals surface area contributed by atoms with Crippen LogP contribution in [0.25, 0.3) is 0 Å². The molecule has 0 fully saturated rings. The summed E-state index contributed by atoms with van der Waals surface area (Å²) in [7, 11) is -4.37. The molecule has 0 bridgehead atoms. The number of urea groups is 1. The fraction of sp³-hybridized carbons (Fsp3) is 0. The number of aromatic carboxylic acids is 1. The van der Waals surface area contributed by atoms with Gasteiger partial charge in [0, 0.05) is 0 Å². The number of anilines is 1. The maximum Gasteiger partial charge on any atom is 0.337 e. The Morgan fingerprint density at radius 3 is 2.36 bits per heavy atom. The van der Waals surface area contributed by atoms with E-state index in [1.165, 1.54) is 12.1 Å². The van der Waals surface area contributed by atoms with Gasteiger partial charge < -0.3 is 5.11 Å². The number of amides is 2. The van der Waals surface area contributed by atoms with Crippen LogP contribution < -0.4 is 10.0 Å². The van der Waals surface area contributed by atoms with E-state index in [1.54, 1.807) is 4.72 Å². The van der Waals surface area contributed by atoms with Crippen LogP contribution in [0.1, 0.15) is 10.4 Å². The molecular formula is C11H9N5O5S. The number of aromatic nitrogens is 3. The van der Waals surface area contributed by atoms with Crippen molar-refractivity contribution in [3.8, 4) is 0 Å². The largest absolute Gasteiger partial charge is 0.478 e. The van der Waals surface area contributed by atoms with Crippen LogP contribution in [-0.2, 0) is 10.0 Å². The number of hydrogen-bond donors (Lipinski definition) is 3. The van der Waals surface area contributed by atoms with Crippen LogP contribution in [0.5, 0.6) is 0 Å². The molecule has 114 valence electrons. The minimum absolute atomic E-state index is 0.158. The smallest absolute Gasteiger partial charge is 0.337 e. The SMILES string of the molecule is O=C(Nc1ncncn1)NS(=O)(=O)c1ccccc1C(=O)O. The second kappa shape index (κ2) is 6.13. The molecule has 1 heterocycles. The second-order valence-corrected chi connectivity index (χ2v) is 5.47.